The van der Waals surface area contributed by atoms with E-state index in [0.29, 0.717) is 22.6 Å². The second kappa shape index (κ2) is 7.12. The van der Waals surface area contributed by atoms with Crippen molar-refractivity contribution >= 4 is 5.91 Å². The van der Waals surface area contributed by atoms with Gasteiger partial charge in [-0.1, -0.05) is 50.2 Å². The molecule has 0 aliphatic heterocycles. The fraction of sp³-hybridized carbons (Fsp3) is 0.238. The molecule has 5 heteroatoms. The monoisotopic (exact) mass is 352 g/mol. The van der Waals surface area contributed by atoms with Gasteiger partial charge in [-0.15, -0.1) is 0 Å². The van der Waals surface area contributed by atoms with Gasteiger partial charge in [-0.25, -0.2) is 4.39 Å². The van der Waals surface area contributed by atoms with Gasteiger partial charge in [-0.3, -0.25) is 4.79 Å². The van der Waals surface area contributed by atoms with Gasteiger partial charge in [-0.2, -0.15) is 0 Å². The van der Waals surface area contributed by atoms with Crippen molar-refractivity contribution in [3.8, 4) is 11.3 Å². The summed E-state index contributed by atoms with van der Waals surface area (Å²) >= 11 is 0. The fourth-order valence-electron chi connectivity index (χ4n) is 2.58. The Morgan fingerprint density at radius 2 is 1.81 bits per heavy atom. The molecule has 26 heavy (non-hydrogen) atoms. The van der Waals surface area contributed by atoms with Gasteiger partial charge in [0.2, 0.25) is 0 Å². The summed E-state index contributed by atoms with van der Waals surface area (Å²) in [7, 11) is 0. The zero-order valence-electron chi connectivity index (χ0n) is 15.0. The number of halogens is 1. The van der Waals surface area contributed by atoms with Gasteiger partial charge < -0.3 is 9.84 Å². The second-order valence-corrected chi connectivity index (χ2v) is 7.17. The Balaban J connectivity index is 1.64. The number of amides is 1. The predicted molar refractivity (Wildman–Crippen MR) is 98.2 cm³/mol. The Morgan fingerprint density at radius 3 is 2.46 bits per heavy atom. The highest BCUT2D eigenvalue weighted by Crippen LogP contribution is 2.24. The van der Waals surface area contributed by atoms with Crippen molar-refractivity contribution in [2.75, 3.05) is 0 Å². The summed E-state index contributed by atoms with van der Waals surface area (Å²) in [5.74, 6) is -0.235. The number of nitrogens with zero attached hydrogens (tertiary/aromatic N) is 1. The number of carbonyl (C=O) groups excluding carboxylic acids is 1. The lowest BCUT2D eigenvalue weighted by molar-refractivity contribution is 0.0950. The van der Waals surface area contributed by atoms with Crippen molar-refractivity contribution < 1.29 is 13.7 Å². The summed E-state index contributed by atoms with van der Waals surface area (Å²) in [5, 5.41) is 6.69. The molecule has 0 saturated carbocycles. The molecule has 134 valence electrons. The molecule has 0 saturated heterocycles. The third-order valence-electron chi connectivity index (χ3n) is 4.14. The second-order valence-electron chi connectivity index (χ2n) is 7.17. The Bertz CT molecular complexity index is 908. The lowest BCUT2D eigenvalue weighted by Crippen LogP contribution is -2.23. The molecular weight excluding hydrogens is 331 g/mol. The summed E-state index contributed by atoms with van der Waals surface area (Å²) in [6.07, 6.45) is 0. The Kier molecular flexibility index (Phi) is 4.89. The molecule has 0 aliphatic carbocycles. The highest BCUT2D eigenvalue weighted by Gasteiger charge is 2.15. The van der Waals surface area contributed by atoms with Crippen LogP contribution in [0.1, 0.15) is 42.4 Å². The maximum atomic E-state index is 13.8. The lowest BCUT2D eigenvalue weighted by atomic mass is 9.87. The molecular formula is C21H21FN2O2. The highest BCUT2D eigenvalue weighted by molar-refractivity contribution is 5.94. The van der Waals surface area contributed by atoms with Crippen molar-refractivity contribution in [2.45, 2.75) is 32.7 Å². The first-order valence-corrected chi connectivity index (χ1v) is 8.44. The zero-order valence-corrected chi connectivity index (χ0v) is 15.0. The molecule has 1 heterocycles. The van der Waals surface area contributed by atoms with Crippen LogP contribution in [0.5, 0.6) is 0 Å². The van der Waals surface area contributed by atoms with E-state index in [2.05, 4.69) is 31.2 Å². The minimum atomic E-state index is -0.377. The molecule has 0 atom stereocenters. The van der Waals surface area contributed by atoms with Crippen LogP contribution in [0.2, 0.25) is 0 Å². The lowest BCUT2D eigenvalue weighted by Gasteiger charge is -2.19. The topological polar surface area (TPSA) is 55.1 Å². The van der Waals surface area contributed by atoms with Crippen molar-refractivity contribution in [3.63, 3.8) is 0 Å². The van der Waals surface area contributed by atoms with Crippen LogP contribution in [0.15, 0.2) is 59.1 Å². The summed E-state index contributed by atoms with van der Waals surface area (Å²) in [5.41, 5.74) is 2.66. The highest BCUT2D eigenvalue weighted by atomic mass is 19.1. The molecule has 0 radical (unpaired) electrons. The van der Waals surface area contributed by atoms with Gasteiger partial charge in [0.25, 0.3) is 5.91 Å². The average Bonchev–Trinajstić information content (AvgIpc) is 3.08. The maximum Gasteiger partial charge on any atom is 0.251 e. The van der Waals surface area contributed by atoms with Gasteiger partial charge in [-0.05, 0) is 35.2 Å². The number of hydrogen-bond donors (Lipinski definition) is 1. The van der Waals surface area contributed by atoms with Crippen LogP contribution < -0.4 is 5.32 Å². The molecule has 1 aromatic heterocycles. The maximum absolute atomic E-state index is 13.8. The van der Waals surface area contributed by atoms with Crippen LogP contribution in [0.25, 0.3) is 11.3 Å². The summed E-state index contributed by atoms with van der Waals surface area (Å²) in [6.45, 7) is 6.58. The van der Waals surface area contributed by atoms with E-state index in [0.717, 1.165) is 0 Å². The standard InChI is InChI=1S/C21H21FN2O2/c1-21(2,3)15-10-8-14(9-11-15)20(25)23-13-16-12-19(26-24-16)17-6-4-5-7-18(17)22/h4-12H,13H2,1-3H3,(H,23,25). The van der Waals surface area contributed by atoms with Crippen molar-refractivity contribution in [2.24, 2.45) is 0 Å². The van der Waals surface area contributed by atoms with Crippen LogP contribution in [-0.2, 0) is 12.0 Å². The van der Waals surface area contributed by atoms with Crippen LogP contribution >= 0.6 is 0 Å². The minimum Gasteiger partial charge on any atom is -0.356 e. The molecule has 0 aliphatic rings. The van der Waals surface area contributed by atoms with Crippen molar-refractivity contribution in [1.82, 2.24) is 10.5 Å². The van der Waals surface area contributed by atoms with E-state index in [-0.39, 0.29) is 23.7 Å². The first-order valence-electron chi connectivity index (χ1n) is 8.44. The number of rotatable bonds is 4. The number of nitrogens with one attached hydrogen (secondary N) is 1. The number of benzene rings is 2. The molecule has 0 fully saturated rings. The van der Waals surface area contributed by atoms with E-state index in [1.807, 2.05) is 24.3 Å². The molecule has 1 N–H and O–H groups in total. The van der Waals surface area contributed by atoms with Gasteiger partial charge in [0.05, 0.1) is 12.1 Å². The van der Waals surface area contributed by atoms with E-state index >= 15 is 0 Å². The molecule has 3 aromatic rings. The molecule has 0 bridgehead atoms. The van der Waals surface area contributed by atoms with Gasteiger partial charge in [0, 0.05) is 11.6 Å². The van der Waals surface area contributed by atoms with Crippen molar-refractivity contribution in [3.05, 3.63) is 77.2 Å². The third kappa shape index (κ3) is 3.99. The van der Waals surface area contributed by atoms with Gasteiger partial charge >= 0.3 is 0 Å². The average molecular weight is 352 g/mol. The molecule has 4 nitrogen and oxygen atoms in total. The first kappa shape index (κ1) is 17.9. The Labute approximate surface area is 152 Å². The smallest absolute Gasteiger partial charge is 0.251 e. The van der Waals surface area contributed by atoms with Crippen LogP contribution in [0, 0.1) is 5.82 Å². The molecule has 3 rings (SSSR count). The summed E-state index contributed by atoms with van der Waals surface area (Å²) in [6, 6.07) is 15.5. The van der Waals surface area contributed by atoms with E-state index in [4.69, 9.17) is 4.52 Å². The zero-order chi connectivity index (χ0) is 18.7. The molecule has 0 spiro atoms. The summed E-state index contributed by atoms with van der Waals surface area (Å²) < 4.78 is 19.0. The Morgan fingerprint density at radius 1 is 1.12 bits per heavy atom. The van der Waals surface area contributed by atoms with E-state index in [1.54, 1.807) is 24.3 Å². The largest absolute Gasteiger partial charge is 0.356 e. The molecule has 0 unspecified atom stereocenters. The first-order chi connectivity index (χ1) is 12.3. The van der Waals surface area contributed by atoms with Gasteiger partial charge in [0.15, 0.2) is 5.76 Å². The Hall–Kier alpha value is -2.95. The quantitative estimate of drug-likeness (QED) is 0.740. The number of carbonyl (C=O) groups is 1. The fourth-order valence-corrected chi connectivity index (χ4v) is 2.58. The number of hydrogen-bond acceptors (Lipinski definition) is 3. The van der Waals surface area contributed by atoms with Crippen LogP contribution in [-0.4, -0.2) is 11.1 Å². The van der Waals surface area contributed by atoms with Gasteiger partial charge in [0.1, 0.15) is 11.5 Å². The predicted octanol–water partition coefficient (Wildman–Crippen LogP) is 4.71. The van der Waals surface area contributed by atoms with Crippen LogP contribution in [0.4, 0.5) is 4.39 Å². The normalized spacial score (nSPS) is 11.4. The minimum absolute atomic E-state index is 0.0405. The summed E-state index contributed by atoms with van der Waals surface area (Å²) in [4.78, 5) is 12.3. The van der Waals surface area contributed by atoms with E-state index in [9.17, 15) is 9.18 Å². The SMILES string of the molecule is CC(C)(C)c1ccc(C(=O)NCc2cc(-c3ccccc3F)on2)cc1. The third-order valence-corrected chi connectivity index (χ3v) is 4.14. The van der Waals surface area contributed by atoms with E-state index < -0.39 is 0 Å². The molecule has 2 aromatic carbocycles. The van der Waals surface area contributed by atoms with Crippen molar-refractivity contribution in [1.29, 1.82) is 0 Å². The van der Waals surface area contributed by atoms with E-state index in [1.165, 1.54) is 11.6 Å². The number of aromatic nitrogens is 1. The van der Waals surface area contributed by atoms with Crippen LogP contribution in [0.3, 0.4) is 0 Å². The molecule has 1 amide bonds.